The third-order valence-corrected chi connectivity index (χ3v) is 4.95. The van der Waals surface area contributed by atoms with Crippen molar-refractivity contribution in [2.75, 3.05) is 23.8 Å². The lowest BCUT2D eigenvalue weighted by molar-refractivity contribution is -0.114. The molecule has 6 nitrogen and oxygen atoms in total. The maximum absolute atomic E-state index is 12.6. The van der Waals surface area contributed by atoms with E-state index in [1.165, 1.54) is 0 Å². The van der Waals surface area contributed by atoms with Gasteiger partial charge in [0.15, 0.2) is 5.75 Å². The van der Waals surface area contributed by atoms with Crippen LogP contribution in [0.2, 0.25) is 0 Å². The first-order chi connectivity index (χ1) is 15.1. The summed E-state index contributed by atoms with van der Waals surface area (Å²) in [5.41, 5.74) is 1.94. The highest BCUT2D eigenvalue weighted by Crippen LogP contribution is 2.31. The predicted octanol–water partition coefficient (Wildman–Crippen LogP) is 4.45. The van der Waals surface area contributed by atoms with Crippen molar-refractivity contribution in [3.05, 3.63) is 84.4 Å². The summed E-state index contributed by atoms with van der Waals surface area (Å²) in [4.78, 5) is 26.7. The number of carbonyl (C=O) groups is 2. The van der Waals surface area contributed by atoms with E-state index >= 15 is 0 Å². The van der Waals surface area contributed by atoms with Crippen LogP contribution >= 0.6 is 0 Å². The van der Waals surface area contributed by atoms with Crippen LogP contribution in [0.25, 0.3) is 0 Å². The molecule has 2 N–H and O–H groups in total. The molecule has 0 heterocycles. The number of nitrogens with one attached hydrogen (secondary N) is 2. The van der Waals surface area contributed by atoms with Gasteiger partial charge in [-0.05, 0) is 55.3 Å². The van der Waals surface area contributed by atoms with Gasteiger partial charge in [-0.15, -0.1) is 0 Å². The van der Waals surface area contributed by atoms with E-state index in [9.17, 15) is 9.59 Å². The second kappa shape index (κ2) is 9.34. The molecule has 6 heteroatoms. The molecule has 0 radical (unpaired) electrons. The normalized spacial score (nSPS) is 12.7. The summed E-state index contributed by atoms with van der Waals surface area (Å²) in [6.07, 6.45) is 2.06. The number of hydrogen-bond donors (Lipinski definition) is 2. The van der Waals surface area contributed by atoms with Crippen molar-refractivity contribution < 1.29 is 14.3 Å². The molecule has 158 valence electrons. The van der Waals surface area contributed by atoms with Crippen LogP contribution in [0.15, 0.2) is 78.9 Å². The zero-order valence-corrected chi connectivity index (χ0v) is 17.4. The molecule has 0 aliphatic heterocycles. The van der Waals surface area contributed by atoms with Gasteiger partial charge in [-0.2, -0.15) is 0 Å². The number of nitrogens with zero attached hydrogens (tertiary/aromatic N) is 1. The summed E-state index contributed by atoms with van der Waals surface area (Å²) < 4.78 is 5.99. The highest BCUT2D eigenvalue weighted by atomic mass is 16.5. The maximum atomic E-state index is 12.6. The summed E-state index contributed by atoms with van der Waals surface area (Å²) in [5.74, 6) is 1.11. The number of anilines is 2. The zero-order chi connectivity index (χ0) is 21.6. The molecule has 3 aromatic rings. The third-order valence-electron chi connectivity index (χ3n) is 4.95. The SMILES string of the molecule is CN(CC(=O)Nc1cccc(C(=O)NC2CC2)c1)c1ccccc1Oc1ccccc1. The van der Waals surface area contributed by atoms with E-state index in [2.05, 4.69) is 10.6 Å². The van der Waals surface area contributed by atoms with Crippen molar-refractivity contribution in [3.8, 4) is 11.5 Å². The van der Waals surface area contributed by atoms with Crippen molar-refractivity contribution in [1.82, 2.24) is 5.32 Å². The average Bonchev–Trinajstić information content (AvgIpc) is 3.59. The summed E-state index contributed by atoms with van der Waals surface area (Å²) in [7, 11) is 1.84. The van der Waals surface area contributed by atoms with E-state index in [-0.39, 0.29) is 24.4 Å². The molecule has 1 fully saturated rings. The van der Waals surface area contributed by atoms with Gasteiger partial charge in [0.2, 0.25) is 5.91 Å². The van der Waals surface area contributed by atoms with Crippen molar-refractivity contribution in [2.24, 2.45) is 0 Å². The number of likely N-dealkylation sites (N-methyl/N-ethyl adjacent to an activating group) is 1. The molecule has 0 unspecified atom stereocenters. The van der Waals surface area contributed by atoms with E-state index in [1.807, 2.05) is 66.5 Å². The number of carbonyl (C=O) groups excluding carboxylic acids is 2. The minimum Gasteiger partial charge on any atom is -0.455 e. The molecule has 0 bridgehead atoms. The fourth-order valence-electron chi connectivity index (χ4n) is 3.21. The van der Waals surface area contributed by atoms with Gasteiger partial charge in [-0.3, -0.25) is 9.59 Å². The van der Waals surface area contributed by atoms with Crippen LogP contribution in [0, 0.1) is 0 Å². The van der Waals surface area contributed by atoms with Crippen LogP contribution in [0.5, 0.6) is 11.5 Å². The van der Waals surface area contributed by atoms with Gasteiger partial charge in [0.1, 0.15) is 5.75 Å². The van der Waals surface area contributed by atoms with Crippen LogP contribution in [0.3, 0.4) is 0 Å². The number of para-hydroxylation sites is 3. The zero-order valence-electron chi connectivity index (χ0n) is 17.4. The summed E-state index contributed by atoms with van der Waals surface area (Å²) in [6, 6.07) is 24.4. The predicted molar refractivity (Wildman–Crippen MR) is 122 cm³/mol. The Kier molecular flexibility index (Phi) is 6.17. The number of benzene rings is 3. The van der Waals surface area contributed by atoms with Crippen LogP contribution in [-0.4, -0.2) is 31.4 Å². The first-order valence-electron chi connectivity index (χ1n) is 10.3. The van der Waals surface area contributed by atoms with E-state index in [0.717, 1.165) is 24.3 Å². The summed E-state index contributed by atoms with van der Waals surface area (Å²) in [6.45, 7) is 0.133. The van der Waals surface area contributed by atoms with Crippen molar-refractivity contribution >= 4 is 23.2 Å². The average molecular weight is 415 g/mol. The van der Waals surface area contributed by atoms with Crippen LogP contribution < -0.4 is 20.3 Å². The molecule has 4 rings (SSSR count). The maximum Gasteiger partial charge on any atom is 0.251 e. The Balaban J connectivity index is 1.39. The van der Waals surface area contributed by atoms with Gasteiger partial charge in [0.05, 0.1) is 12.2 Å². The van der Waals surface area contributed by atoms with E-state index in [0.29, 0.717) is 17.0 Å². The Morgan fingerprint density at radius 1 is 0.968 bits per heavy atom. The lowest BCUT2D eigenvalue weighted by Crippen LogP contribution is -2.30. The second-order valence-electron chi connectivity index (χ2n) is 7.62. The van der Waals surface area contributed by atoms with Gasteiger partial charge in [0, 0.05) is 24.3 Å². The molecule has 0 atom stereocenters. The van der Waals surface area contributed by atoms with Crippen LogP contribution in [0.4, 0.5) is 11.4 Å². The lowest BCUT2D eigenvalue weighted by Gasteiger charge is -2.22. The molecule has 31 heavy (non-hydrogen) atoms. The quantitative estimate of drug-likeness (QED) is 0.570. The van der Waals surface area contributed by atoms with Gasteiger partial charge >= 0.3 is 0 Å². The van der Waals surface area contributed by atoms with Gasteiger partial charge in [0.25, 0.3) is 5.91 Å². The van der Waals surface area contributed by atoms with Crippen LogP contribution in [0.1, 0.15) is 23.2 Å². The molecule has 1 saturated carbocycles. The van der Waals surface area contributed by atoms with Gasteiger partial charge in [-0.1, -0.05) is 36.4 Å². The molecule has 0 aromatic heterocycles. The molecule has 0 saturated heterocycles. The van der Waals surface area contributed by atoms with Crippen molar-refractivity contribution in [3.63, 3.8) is 0 Å². The highest BCUT2D eigenvalue weighted by molar-refractivity contribution is 5.98. The number of ether oxygens (including phenoxy) is 1. The Bertz CT molecular complexity index is 1060. The first kappa shape index (κ1) is 20.5. The smallest absolute Gasteiger partial charge is 0.251 e. The Morgan fingerprint density at radius 3 is 2.48 bits per heavy atom. The summed E-state index contributed by atoms with van der Waals surface area (Å²) in [5, 5.41) is 5.83. The van der Waals surface area contributed by atoms with E-state index < -0.39 is 0 Å². The Labute approximate surface area is 181 Å². The Morgan fingerprint density at radius 2 is 1.71 bits per heavy atom. The lowest BCUT2D eigenvalue weighted by atomic mass is 10.2. The minimum atomic E-state index is -0.184. The molecule has 1 aliphatic carbocycles. The molecule has 1 aliphatic rings. The number of hydrogen-bond acceptors (Lipinski definition) is 4. The molecule has 3 aromatic carbocycles. The van der Waals surface area contributed by atoms with Crippen LogP contribution in [-0.2, 0) is 4.79 Å². The van der Waals surface area contributed by atoms with Gasteiger partial charge in [-0.25, -0.2) is 0 Å². The second-order valence-corrected chi connectivity index (χ2v) is 7.62. The molecular formula is C25H25N3O3. The van der Waals surface area contributed by atoms with E-state index in [1.54, 1.807) is 24.3 Å². The highest BCUT2D eigenvalue weighted by Gasteiger charge is 2.23. The fraction of sp³-hybridized carbons (Fsp3) is 0.200. The fourth-order valence-corrected chi connectivity index (χ4v) is 3.21. The standard InChI is InChI=1S/C25H25N3O3/c1-28(22-12-5-6-13-23(22)31-21-10-3-2-4-11-21)17-24(29)26-20-9-7-8-18(16-20)25(30)27-19-14-15-19/h2-13,16,19H,14-15,17H2,1H3,(H,26,29)(H,27,30). The largest absolute Gasteiger partial charge is 0.455 e. The topological polar surface area (TPSA) is 70.7 Å². The third kappa shape index (κ3) is 5.63. The van der Waals surface area contributed by atoms with Crippen molar-refractivity contribution in [2.45, 2.75) is 18.9 Å². The first-order valence-corrected chi connectivity index (χ1v) is 10.3. The number of rotatable bonds is 8. The molecular weight excluding hydrogens is 390 g/mol. The monoisotopic (exact) mass is 415 g/mol. The molecule has 0 spiro atoms. The number of amides is 2. The summed E-state index contributed by atoms with van der Waals surface area (Å²) >= 11 is 0. The Hall–Kier alpha value is -3.80. The van der Waals surface area contributed by atoms with E-state index in [4.69, 9.17) is 4.74 Å². The van der Waals surface area contributed by atoms with Gasteiger partial charge < -0.3 is 20.3 Å². The minimum absolute atomic E-state index is 0.109. The molecule has 2 amide bonds. The van der Waals surface area contributed by atoms with Crippen molar-refractivity contribution in [1.29, 1.82) is 0 Å².